The van der Waals surface area contributed by atoms with E-state index >= 15 is 0 Å². The number of carboxylic acid groups (broad SMARTS) is 1. The molecule has 0 heterocycles. The number of unbranched alkanes of at least 4 members (excludes halogenated alkanes) is 1. The quantitative estimate of drug-likeness (QED) is 0.445. The zero-order chi connectivity index (χ0) is 19.4. The van der Waals surface area contributed by atoms with Gasteiger partial charge in [0.05, 0.1) is 17.8 Å². The molecular weight excluding hydrogens is 344 g/mol. The van der Waals surface area contributed by atoms with Gasteiger partial charge in [0.1, 0.15) is 0 Å². The number of carboxylic acids is 1. The average Bonchev–Trinajstić information content (AvgIpc) is 3.16. The zero-order valence-electron chi connectivity index (χ0n) is 16.3. The van der Waals surface area contributed by atoms with Crippen molar-refractivity contribution in [2.75, 3.05) is 7.11 Å². The fourth-order valence-corrected chi connectivity index (χ4v) is 5.43. The number of rotatable bonds is 8. The molecule has 3 aliphatic carbocycles. The molecule has 3 rings (SSSR count). The van der Waals surface area contributed by atoms with Gasteiger partial charge in [0, 0.05) is 25.4 Å². The number of aliphatic carboxylic acids is 1. The summed E-state index contributed by atoms with van der Waals surface area (Å²) >= 11 is 0. The van der Waals surface area contributed by atoms with E-state index in [1.807, 2.05) is 12.2 Å². The number of ether oxygens (including phenoxy) is 1. The zero-order valence-corrected chi connectivity index (χ0v) is 16.3. The largest absolute Gasteiger partial charge is 0.481 e. The van der Waals surface area contributed by atoms with Gasteiger partial charge in [-0.15, -0.1) is 0 Å². The van der Waals surface area contributed by atoms with Crippen LogP contribution in [0.2, 0.25) is 0 Å². The van der Waals surface area contributed by atoms with Crippen molar-refractivity contribution in [3.8, 4) is 0 Å². The average molecular weight is 379 g/mol. The van der Waals surface area contributed by atoms with E-state index in [0.29, 0.717) is 18.8 Å². The van der Waals surface area contributed by atoms with E-state index in [9.17, 15) is 15.0 Å². The molecule has 0 radical (unpaired) electrons. The van der Waals surface area contributed by atoms with Crippen LogP contribution in [0.3, 0.4) is 0 Å². The van der Waals surface area contributed by atoms with Crippen molar-refractivity contribution < 1.29 is 24.9 Å². The Bertz CT molecular complexity index is 577. The van der Waals surface area contributed by atoms with Crippen LogP contribution in [0.5, 0.6) is 0 Å². The molecule has 0 aromatic rings. The molecule has 3 aliphatic rings. The number of aliphatic hydroxyl groups is 2. The van der Waals surface area contributed by atoms with Gasteiger partial charge in [-0.25, -0.2) is 0 Å². The lowest BCUT2D eigenvalue weighted by molar-refractivity contribution is -0.140. The normalized spacial score (nSPS) is 36.7. The monoisotopic (exact) mass is 378 g/mol. The third kappa shape index (κ3) is 4.30. The van der Waals surface area contributed by atoms with Crippen LogP contribution in [-0.2, 0) is 9.53 Å². The standard InChI is InChI=1S/C22H34O5/c1-27-22-13-12-20(24)17(10-11-19(23)15-6-2-3-7-15)18(22)14-16(22)8-4-5-9-21(25)26/h8,10-11,15,17-20,23-24H,2-7,9,12-14H2,1H3,(H,25,26)/t17-,18-,19?,20-,22+/m0/s1. The van der Waals surface area contributed by atoms with Crippen LogP contribution in [0.1, 0.15) is 64.2 Å². The van der Waals surface area contributed by atoms with E-state index in [0.717, 1.165) is 32.1 Å². The van der Waals surface area contributed by atoms with Crippen molar-refractivity contribution >= 4 is 5.97 Å². The molecule has 0 saturated heterocycles. The molecular formula is C22H34O5. The Kier molecular flexibility index (Phi) is 6.77. The molecule has 27 heavy (non-hydrogen) atoms. The highest BCUT2D eigenvalue weighted by Crippen LogP contribution is 2.57. The number of fused-ring (bicyclic) bond motifs is 1. The summed E-state index contributed by atoms with van der Waals surface area (Å²) in [5, 5.41) is 29.8. The summed E-state index contributed by atoms with van der Waals surface area (Å²) in [6, 6.07) is 0. The van der Waals surface area contributed by atoms with Crippen molar-refractivity contribution in [3.05, 3.63) is 23.8 Å². The minimum absolute atomic E-state index is 0.00548. The molecule has 0 bridgehead atoms. The second-order valence-corrected chi connectivity index (χ2v) is 8.52. The molecule has 0 aromatic heterocycles. The van der Waals surface area contributed by atoms with Crippen LogP contribution in [-0.4, -0.2) is 46.2 Å². The van der Waals surface area contributed by atoms with E-state index < -0.39 is 12.1 Å². The Morgan fingerprint density at radius 3 is 2.74 bits per heavy atom. The summed E-state index contributed by atoms with van der Waals surface area (Å²) in [6.45, 7) is 0. The molecule has 0 amide bonds. The Balaban J connectivity index is 1.64. The van der Waals surface area contributed by atoms with Gasteiger partial charge in [0.2, 0.25) is 0 Å². The Morgan fingerprint density at radius 1 is 1.33 bits per heavy atom. The molecule has 5 heteroatoms. The smallest absolute Gasteiger partial charge is 0.303 e. The van der Waals surface area contributed by atoms with Crippen molar-refractivity contribution in [2.45, 2.75) is 82.0 Å². The minimum Gasteiger partial charge on any atom is -0.481 e. The highest BCUT2D eigenvalue weighted by Gasteiger charge is 2.57. The van der Waals surface area contributed by atoms with Gasteiger partial charge in [0.25, 0.3) is 0 Å². The van der Waals surface area contributed by atoms with Gasteiger partial charge in [-0.1, -0.05) is 31.1 Å². The third-order valence-electron chi connectivity index (χ3n) is 7.07. The van der Waals surface area contributed by atoms with E-state index in [4.69, 9.17) is 9.84 Å². The summed E-state index contributed by atoms with van der Waals surface area (Å²) in [5.41, 5.74) is 0.928. The van der Waals surface area contributed by atoms with Gasteiger partial charge < -0.3 is 20.1 Å². The molecule has 0 aliphatic heterocycles. The molecule has 3 N–H and O–H groups in total. The molecule has 3 fully saturated rings. The number of hydrogen-bond donors (Lipinski definition) is 3. The van der Waals surface area contributed by atoms with Crippen molar-refractivity contribution in [2.24, 2.45) is 17.8 Å². The maximum Gasteiger partial charge on any atom is 0.303 e. The molecule has 0 aromatic carbocycles. The number of hydrogen-bond acceptors (Lipinski definition) is 4. The summed E-state index contributed by atoms with van der Waals surface area (Å²) in [4.78, 5) is 10.7. The van der Waals surface area contributed by atoms with Crippen LogP contribution < -0.4 is 0 Å². The lowest BCUT2D eigenvalue weighted by Gasteiger charge is -2.58. The topological polar surface area (TPSA) is 87.0 Å². The number of methoxy groups -OCH3 is 1. The highest BCUT2D eigenvalue weighted by molar-refractivity contribution is 5.66. The molecule has 5 nitrogen and oxygen atoms in total. The first-order valence-corrected chi connectivity index (χ1v) is 10.5. The van der Waals surface area contributed by atoms with E-state index in [2.05, 4.69) is 6.08 Å². The lowest BCUT2D eigenvalue weighted by atomic mass is 9.53. The fraction of sp³-hybridized carbons (Fsp3) is 0.773. The van der Waals surface area contributed by atoms with Crippen LogP contribution in [0.15, 0.2) is 23.8 Å². The molecule has 152 valence electrons. The Hall–Kier alpha value is -1.17. The second-order valence-electron chi connectivity index (χ2n) is 8.52. The maximum absolute atomic E-state index is 10.7. The van der Waals surface area contributed by atoms with E-state index in [1.54, 1.807) is 7.11 Å². The summed E-state index contributed by atoms with van der Waals surface area (Å²) in [5.74, 6) is -0.164. The first-order valence-electron chi connectivity index (χ1n) is 10.5. The second kappa shape index (κ2) is 8.89. The van der Waals surface area contributed by atoms with Crippen LogP contribution in [0.4, 0.5) is 0 Å². The van der Waals surface area contributed by atoms with Crippen molar-refractivity contribution in [1.29, 1.82) is 0 Å². The molecule has 5 atom stereocenters. The van der Waals surface area contributed by atoms with E-state index in [1.165, 1.54) is 18.4 Å². The van der Waals surface area contributed by atoms with Gasteiger partial charge in [0.15, 0.2) is 0 Å². The SMILES string of the molecule is CO[C@@]12CC[C@H](O)[C@@H](C=CC(O)C3CCCC3)[C@@H]1CC2=CCCCC(=O)O. The Morgan fingerprint density at radius 2 is 2.07 bits per heavy atom. The van der Waals surface area contributed by atoms with Gasteiger partial charge in [-0.3, -0.25) is 4.79 Å². The van der Waals surface area contributed by atoms with Gasteiger partial charge in [-0.2, -0.15) is 0 Å². The summed E-state index contributed by atoms with van der Waals surface area (Å²) in [7, 11) is 1.74. The van der Waals surface area contributed by atoms with Gasteiger partial charge in [-0.05, 0) is 56.4 Å². The van der Waals surface area contributed by atoms with Crippen LogP contribution >= 0.6 is 0 Å². The minimum atomic E-state index is -0.756. The number of carbonyl (C=O) groups is 1. The summed E-state index contributed by atoms with van der Waals surface area (Å²) < 4.78 is 5.96. The third-order valence-corrected chi connectivity index (χ3v) is 7.07. The first-order chi connectivity index (χ1) is 13.0. The van der Waals surface area contributed by atoms with E-state index in [-0.39, 0.29) is 30.0 Å². The predicted octanol–water partition coefficient (Wildman–Crippen LogP) is 3.45. The Labute approximate surface area is 162 Å². The van der Waals surface area contributed by atoms with Crippen molar-refractivity contribution in [3.63, 3.8) is 0 Å². The molecule has 0 spiro atoms. The number of aliphatic hydroxyl groups excluding tert-OH is 2. The summed E-state index contributed by atoms with van der Waals surface area (Å²) in [6.07, 6.45) is 13.8. The first kappa shape index (κ1) is 20.6. The van der Waals surface area contributed by atoms with Gasteiger partial charge >= 0.3 is 5.97 Å². The maximum atomic E-state index is 10.7. The molecule has 3 saturated carbocycles. The van der Waals surface area contributed by atoms with Crippen LogP contribution in [0.25, 0.3) is 0 Å². The van der Waals surface area contributed by atoms with Crippen molar-refractivity contribution in [1.82, 2.24) is 0 Å². The predicted molar refractivity (Wildman–Crippen MR) is 103 cm³/mol. The number of allylic oxidation sites excluding steroid dienone is 1. The lowest BCUT2D eigenvalue weighted by Crippen LogP contribution is -2.59. The highest BCUT2D eigenvalue weighted by atomic mass is 16.5. The fourth-order valence-electron chi connectivity index (χ4n) is 5.43. The molecule has 1 unspecified atom stereocenters. The van der Waals surface area contributed by atoms with Crippen LogP contribution in [0, 0.1) is 17.8 Å².